The van der Waals surface area contributed by atoms with E-state index in [1.54, 1.807) is 44.3 Å². The first kappa shape index (κ1) is 17.9. The predicted octanol–water partition coefficient (Wildman–Crippen LogP) is 3.79. The molecule has 0 atom stereocenters. The van der Waals surface area contributed by atoms with Gasteiger partial charge in [-0.2, -0.15) is 5.10 Å². The van der Waals surface area contributed by atoms with Gasteiger partial charge in [0, 0.05) is 23.6 Å². The number of ether oxygens (including phenoxy) is 2. The lowest BCUT2D eigenvalue weighted by atomic mass is 10.2. The zero-order chi connectivity index (χ0) is 18.5. The molecule has 26 heavy (non-hydrogen) atoms. The van der Waals surface area contributed by atoms with Crippen LogP contribution in [0, 0.1) is 5.82 Å². The van der Waals surface area contributed by atoms with Crippen molar-refractivity contribution in [2.45, 2.75) is 0 Å². The van der Waals surface area contributed by atoms with Crippen LogP contribution in [-0.2, 0) is 0 Å². The monoisotopic (exact) mass is 371 g/mol. The summed E-state index contributed by atoms with van der Waals surface area (Å²) < 4.78 is 25.6. The van der Waals surface area contributed by atoms with Gasteiger partial charge in [0.25, 0.3) is 0 Å². The average molecular weight is 371 g/mol. The number of rotatable bonds is 5. The molecule has 0 unspecified atom stereocenters. The van der Waals surface area contributed by atoms with Gasteiger partial charge in [-0.25, -0.2) is 9.07 Å². The van der Waals surface area contributed by atoms with E-state index in [1.807, 2.05) is 23.6 Å². The van der Waals surface area contributed by atoms with Gasteiger partial charge in [0.05, 0.1) is 26.1 Å². The van der Waals surface area contributed by atoms with E-state index in [2.05, 4.69) is 10.1 Å². The van der Waals surface area contributed by atoms with E-state index < -0.39 is 0 Å². The first-order chi connectivity index (χ1) is 12.7. The largest absolute Gasteiger partial charge is 0.497 e. The van der Waals surface area contributed by atoms with Crippen molar-refractivity contribution in [3.8, 4) is 22.8 Å². The summed E-state index contributed by atoms with van der Waals surface area (Å²) in [5, 5.41) is 6.51. The van der Waals surface area contributed by atoms with Crippen LogP contribution in [0.15, 0.2) is 57.9 Å². The van der Waals surface area contributed by atoms with Gasteiger partial charge in [0.2, 0.25) is 4.80 Å². The Morgan fingerprint density at radius 3 is 2.50 bits per heavy atom. The van der Waals surface area contributed by atoms with E-state index in [0.29, 0.717) is 11.5 Å². The van der Waals surface area contributed by atoms with Gasteiger partial charge in [0.1, 0.15) is 17.3 Å². The van der Waals surface area contributed by atoms with Crippen LogP contribution in [0.5, 0.6) is 11.5 Å². The van der Waals surface area contributed by atoms with Crippen LogP contribution in [0.25, 0.3) is 11.3 Å². The van der Waals surface area contributed by atoms with E-state index in [-0.39, 0.29) is 5.82 Å². The molecule has 2 aromatic carbocycles. The third-order valence-corrected chi connectivity index (χ3v) is 4.67. The van der Waals surface area contributed by atoms with Crippen LogP contribution in [0.2, 0.25) is 0 Å². The van der Waals surface area contributed by atoms with Crippen LogP contribution in [-0.4, -0.2) is 32.2 Å². The number of thiazole rings is 1. The Morgan fingerprint density at radius 2 is 1.85 bits per heavy atom. The molecule has 0 amide bonds. The minimum absolute atomic E-state index is 0.277. The molecule has 0 N–H and O–H groups in total. The Balaban J connectivity index is 2.06. The first-order valence-electron chi connectivity index (χ1n) is 7.82. The van der Waals surface area contributed by atoms with Gasteiger partial charge < -0.3 is 9.47 Å². The van der Waals surface area contributed by atoms with Gasteiger partial charge in [-0.15, -0.1) is 11.3 Å². The zero-order valence-electron chi connectivity index (χ0n) is 14.6. The summed E-state index contributed by atoms with van der Waals surface area (Å²) in [5.74, 6) is 1.12. The number of halogens is 1. The van der Waals surface area contributed by atoms with E-state index in [1.165, 1.54) is 23.5 Å². The molecule has 0 saturated heterocycles. The normalized spacial score (nSPS) is 11.9. The summed E-state index contributed by atoms with van der Waals surface area (Å²) in [6.07, 6.45) is 1.69. The van der Waals surface area contributed by atoms with Crippen LogP contribution < -0.4 is 14.3 Å². The number of hydrogen-bond acceptors (Lipinski definition) is 5. The highest BCUT2D eigenvalue weighted by Crippen LogP contribution is 2.23. The fraction of sp³-hybridized carbons (Fsp3) is 0.158. The molecule has 134 valence electrons. The molecule has 1 aromatic heterocycles. The molecule has 1 heterocycles. The van der Waals surface area contributed by atoms with Gasteiger partial charge in [-0.05, 0) is 42.5 Å². The van der Waals surface area contributed by atoms with Crippen LogP contribution in [0.1, 0.15) is 5.56 Å². The first-order valence-corrected chi connectivity index (χ1v) is 8.70. The molecular formula is C19H18FN3O2S. The fourth-order valence-corrected chi connectivity index (χ4v) is 3.25. The Morgan fingerprint density at radius 1 is 1.08 bits per heavy atom. The van der Waals surface area contributed by atoms with Crippen LogP contribution in [0.3, 0.4) is 0 Å². The second-order valence-corrected chi connectivity index (χ2v) is 6.13. The van der Waals surface area contributed by atoms with E-state index >= 15 is 0 Å². The molecular weight excluding hydrogens is 353 g/mol. The smallest absolute Gasteiger partial charge is 0.205 e. The Labute approximate surface area is 154 Å². The molecule has 5 nitrogen and oxygen atoms in total. The molecule has 7 heteroatoms. The molecule has 0 aliphatic carbocycles. The summed E-state index contributed by atoms with van der Waals surface area (Å²) in [5.41, 5.74) is 2.46. The van der Waals surface area contributed by atoms with Gasteiger partial charge in [-0.1, -0.05) is 0 Å². The summed E-state index contributed by atoms with van der Waals surface area (Å²) in [4.78, 5) is 4.99. The maximum atomic E-state index is 13.2. The molecule has 0 fully saturated rings. The fourth-order valence-electron chi connectivity index (χ4n) is 2.44. The summed E-state index contributed by atoms with van der Waals surface area (Å²) in [6.45, 7) is 0. The standard InChI is InChI=1S/C19H18FN3O2S/c1-21-19-23(17(12-26-19)13-4-6-15(20)7-5-13)22-11-14-10-16(24-2)8-9-18(14)25-3/h4-12H,1-3H3. The van der Waals surface area contributed by atoms with Crippen molar-refractivity contribution < 1.29 is 13.9 Å². The molecule has 3 rings (SSSR count). The van der Waals surface area contributed by atoms with E-state index in [9.17, 15) is 4.39 Å². The second-order valence-electron chi connectivity index (χ2n) is 5.30. The number of nitrogens with zero attached hydrogens (tertiary/aromatic N) is 3. The van der Waals surface area contributed by atoms with Crippen LogP contribution >= 0.6 is 11.3 Å². The molecule has 0 aliphatic heterocycles. The molecule has 0 aliphatic rings. The van der Waals surface area contributed by atoms with E-state index in [4.69, 9.17) is 9.47 Å². The maximum absolute atomic E-state index is 13.2. The second kappa shape index (κ2) is 7.97. The van der Waals surface area contributed by atoms with Gasteiger partial charge in [0.15, 0.2) is 0 Å². The summed E-state index contributed by atoms with van der Waals surface area (Å²) >= 11 is 1.46. The maximum Gasteiger partial charge on any atom is 0.205 e. The Bertz CT molecular complexity index is 991. The predicted molar refractivity (Wildman–Crippen MR) is 102 cm³/mol. The quantitative estimate of drug-likeness (QED) is 0.641. The lowest BCUT2D eigenvalue weighted by Gasteiger charge is -2.07. The van der Waals surface area contributed by atoms with Crippen molar-refractivity contribution in [3.63, 3.8) is 0 Å². The SMILES string of the molecule is CN=c1scc(-c2ccc(F)cc2)n1N=Cc1cc(OC)ccc1OC. The lowest BCUT2D eigenvalue weighted by molar-refractivity contribution is 0.402. The Kier molecular flexibility index (Phi) is 5.48. The molecule has 3 aromatic rings. The van der Waals surface area contributed by atoms with Crippen molar-refractivity contribution in [1.82, 2.24) is 4.68 Å². The van der Waals surface area contributed by atoms with Crippen molar-refractivity contribution in [3.05, 3.63) is 64.0 Å². The lowest BCUT2D eigenvalue weighted by Crippen LogP contribution is -2.11. The number of methoxy groups -OCH3 is 2. The molecule has 0 spiro atoms. The van der Waals surface area contributed by atoms with Crippen molar-refractivity contribution in [2.24, 2.45) is 10.1 Å². The number of benzene rings is 2. The third kappa shape index (κ3) is 3.67. The van der Waals surface area contributed by atoms with Crippen LogP contribution in [0.4, 0.5) is 4.39 Å². The highest BCUT2D eigenvalue weighted by molar-refractivity contribution is 7.07. The third-order valence-electron chi connectivity index (χ3n) is 3.77. The van der Waals surface area contributed by atoms with Crippen molar-refractivity contribution in [2.75, 3.05) is 21.3 Å². The molecule has 0 radical (unpaired) electrons. The topological polar surface area (TPSA) is 48.1 Å². The molecule has 0 saturated carbocycles. The average Bonchev–Trinajstić information content (AvgIpc) is 3.09. The van der Waals surface area contributed by atoms with Gasteiger partial charge >= 0.3 is 0 Å². The van der Waals surface area contributed by atoms with Gasteiger partial charge in [-0.3, -0.25) is 4.99 Å². The van der Waals surface area contributed by atoms with Crippen molar-refractivity contribution in [1.29, 1.82) is 0 Å². The van der Waals surface area contributed by atoms with E-state index in [0.717, 1.165) is 21.6 Å². The molecule has 0 bridgehead atoms. The minimum atomic E-state index is -0.277. The Hall–Kier alpha value is -2.93. The summed E-state index contributed by atoms with van der Waals surface area (Å²) in [7, 11) is 4.92. The summed E-state index contributed by atoms with van der Waals surface area (Å²) in [6, 6.07) is 11.8. The number of hydrogen-bond donors (Lipinski definition) is 0. The van der Waals surface area contributed by atoms with Crippen molar-refractivity contribution >= 4 is 17.6 Å². The highest BCUT2D eigenvalue weighted by Gasteiger charge is 2.08. The number of aromatic nitrogens is 1. The highest BCUT2D eigenvalue weighted by atomic mass is 32.1. The minimum Gasteiger partial charge on any atom is -0.497 e. The zero-order valence-corrected chi connectivity index (χ0v) is 15.5.